The van der Waals surface area contributed by atoms with Gasteiger partial charge in [0.1, 0.15) is 11.4 Å². The van der Waals surface area contributed by atoms with E-state index in [-0.39, 0.29) is 11.4 Å². The highest BCUT2D eigenvalue weighted by Crippen LogP contribution is 2.38. The number of benzene rings is 8. The predicted octanol–water partition coefficient (Wildman–Crippen LogP) is 11.5. The molecule has 5 nitrogen and oxygen atoms in total. The third-order valence-corrected chi connectivity index (χ3v) is 9.62. The number of amides is 2. The van der Waals surface area contributed by atoms with Crippen molar-refractivity contribution in [1.82, 2.24) is 4.98 Å². The van der Waals surface area contributed by atoms with Crippen molar-refractivity contribution in [3.05, 3.63) is 187 Å². The second-order valence-corrected chi connectivity index (χ2v) is 12.9. The van der Waals surface area contributed by atoms with E-state index >= 15 is 0 Å². The second-order valence-electron chi connectivity index (χ2n) is 12.9. The van der Waals surface area contributed by atoms with Crippen LogP contribution in [-0.4, -0.2) is 16.8 Å². The van der Waals surface area contributed by atoms with Crippen molar-refractivity contribution in [1.29, 1.82) is 0 Å². The maximum absolute atomic E-state index is 13.3. The lowest BCUT2D eigenvalue weighted by atomic mass is 9.92. The topological polar surface area (TPSA) is 71.1 Å². The lowest BCUT2D eigenvalue weighted by Crippen LogP contribution is -2.18. The average Bonchev–Trinajstić information content (AvgIpc) is 3.20. The normalized spacial score (nSPS) is 11.2. The van der Waals surface area contributed by atoms with Crippen LogP contribution < -0.4 is 10.6 Å². The van der Waals surface area contributed by atoms with Crippen LogP contribution in [-0.2, 0) is 0 Å². The van der Waals surface area contributed by atoms with E-state index < -0.39 is 11.8 Å². The van der Waals surface area contributed by atoms with Crippen LogP contribution in [0.1, 0.15) is 21.0 Å². The number of aromatic nitrogens is 1. The van der Waals surface area contributed by atoms with Crippen LogP contribution in [0.4, 0.5) is 11.4 Å². The van der Waals surface area contributed by atoms with Crippen molar-refractivity contribution < 1.29 is 9.59 Å². The number of fused-ring (bicyclic) bond motifs is 4. The largest absolute Gasteiger partial charge is 0.321 e. The van der Waals surface area contributed by atoms with Gasteiger partial charge in [-0.3, -0.25) is 9.59 Å². The van der Waals surface area contributed by atoms with Crippen LogP contribution in [0, 0.1) is 0 Å². The molecule has 246 valence electrons. The first-order chi connectivity index (χ1) is 25.6. The minimum Gasteiger partial charge on any atom is -0.321 e. The minimum absolute atomic E-state index is 0.148. The zero-order valence-electron chi connectivity index (χ0n) is 28.0. The van der Waals surface area contributed by atoms with Gasteiger partial charge in [-0.2, -0.15) is 0 Å². The minimum atomic E-state index is -0.398. The SMILES string of the molecule is O=C(Nc1ccc(-c2c3ccccc3cc3ccccc23)cc1)c1cccc(C(=O)Nc2ccc(-c3c4ccccc4cc4ccccc34)cc2)n1. The van der Waals surface area contributed by atoms with Gasteiger partial charge in [0, 0.05) is 11.4 Å². The number of pyridine rings is 1. The number of carbonyl (C=O) groups excluding carboxylic acids is 2. The summed E-state index contributed by atoms with van der Waals surface area (Å²) < 4.78 is 0. The number of hydrogen-bond donors (Lipinski definition) is 2. The zero-order chi connectivity index (χ0) is 35.0. The summed E-state index contributed by atoms with van der Waals surface area (Å²) >= 11 is 0. The molecular formula is C47H31N3O2. The van der Waals surface area contributed by atoms with Gasteiger partial charge in [-0.25, -0.2) is 4.98 Å². The molecule has 0 saturated carbocycles. The molecule has 1 heterocycles. The summed E-state index contributed by atoms with van der Waals surface area (Å²) in [6, 6.07) is 58.5. The number of rotatable bonds is 6. The van der Waals surface area contributed by atoms with Gasteiger partial charge in [-0.1, -0.05) is 127 Å². The molecule has 9 aromatic rings. The molecule has 0 radical (unpaired) electrons. The van der Waals surface area contributed by atoms with E-state index in [4.69, 9.17) is 0 Å². The monoisotopic (exact) mass is 669 g/mol. The summed E-state index contributed by atoms with van der Waals surface area (Å²) in [5.41, 5.74) is 5.99. The number of hydrogen-bond acceptors (Lipinski definition) is 3. The molecule has 1 aromatic heterocycles. The van der Waals surface area contributed by atoms with Crippen LogP contribution in [0.25, 0.3) is 65.3 Å². The van der Waals surface area contributed by atoms with Gasteiger partial charge in [0.25, 0.3) is 11.8 Å². The van der Waals surface area contributed by atoms with Crippen molar-refractivity contribution in [3.8, 4) is 22.3 Å². The van der Waals surface area contributed by atoms with E-state index in [1.807, 2.05) is 48.5 Å². The molecule has 2 N–H and O–H groups in total. The van der Waals surface area contributed by atoms with Gasteiger partial charge in [-0.15, -0.1) is 0 Å². The molecule has 0 aliphatic rings. The van der Waals surface area contributed by atoms with Gasteiger partial charge in [0.05, 0.1) is 0 Å². The summed E-state index contributed by atoms with van der Waals surface area (Å²) in [6.45, 7) is 0. The first-order valence-corrected chi connectivity index (χ1v) is 17.2. The fraction of sp³-hybridized carbons (Fsp3) is 0. The third kappa shape index (κ3) is 5.70. The Balaban J connectivity index is 0.923. The van der Waals surface area contributed by atoms with Crippen molar-refractivity contribution >= 4 is 66.3 Å². The van der Waals surface area contributed by atoms with E-state index in [1.54, 1.807) is 18.2 Å². The highest BCUT2D eigenvalue weighted by molar-refractivity contribution is 6.14. The Kier molecular flexibility index (Phi) is 7.71. The van der Waals surface area contributed by atoms with Crippen LogP contribution in [0.5, 0.6) is 0 Å². The van der Waals surface area contributed by atoms with Crippen molar-refractivity contribution in [3.63, 3.8) is 0 Å². The van der Waals surface area contributed by atoms with Gasteiger partial charge < -0.3 is 10.6 Å². The van der Waals surface area contributed by atoms with E-state index in [1.165, 1.54) is 43.1 Å². The molecule has 0 saturated heterocycles. The third-order valence-electron chi connectivity index (χ3n) is 9.62. The summed E-state index contributed by atoms with van der Waals surface area (Å²) in [6.07, 6.45) is 0. The molecular weight excluding hydrogens is 639 g/mol. The molecule has 52 heavy (non-hydrogen) atoms. The first-order valence-electron chi connectivity index (χ1n) is 17.2. The molecule has 0 bridgehead atoms. The first kappa shape index (κ1) is 30.9. The van der Waals surface area contributed by atoms with Crippen LogP contribution >= 0.6 is 0 Å². The van der Waals surface area contributed by atoms with E-state index in [0.717, 1.165) is 22.3 Å². The number of carbonyl (C=O) groups is 2. The van der Waals surface area contributed by atoms with Gasteiger partial charge in [0.2, 0.25) is 0 Å². The maximum atomic E-state index is 13.3. The van der Waals surface area contributed by atoms with Crippen LogP contribution in [0.15, 0.2) is 176 Å². The van der Waals surface area contributed by atoms with Gasteiger partial charge >= 0.3 is 0 Å². The molecule has 0 aliphatic heterocycles. The predicted molar refractivity (Wildman–Crippen MR) is 214 cm³/mol. The fourth-order valence-electron chi connectivity index (χ4n) is 7.17. The summed E-state index contributed by atoms with van der Waals surface area (Å²) in [5, 5.41) is 15.3. The average molecular weight is 670 g/mol. The lowest BCUT2D eigenvalue weighted by Gasteiger charge is -2.13. The van der Waals surface area contributed by atoms with Crippen LogP contribution in [0.3, 0.4) is 0 Å². The maximum Gasteiger partial charge on any atom is 0.274 e. The molecule has 2 amide bonds. The molecule has 0 atom stereocenters. The summed E-state index contributed by atoms with van der Waals surface area (Å²) in [7, 11) is 0. The Hall–Kier alpha value is -7.11. The highest BCUT2D eigenvalue weighted by atomic mass is 16.2. The molecule has 8 aromatic carbocycles. The fourth-order valence-corrected chi connectivity index (χ4v) is 7.17. The molecule has 0 aliphatic carbocycles. The van der Waals surface area contributed by atoms with Crippen molar-refractivity contribution in [2.75, 3.05) is 10.6 Å². The Morgan fingerprint density at radius 1 is 0.365 bits per heavy atom. The highest BCUT2D eigenvalue weighted by Gasteiger charge is 2.15. The van der Waals surface area contributed by atoms with Crippen LogP contribution in [0.2, 0.25) is 0 Å². The van der Waals surface area contributed by atoms with Crippen molar-refractivity contribution in [2.45, 2.75) is 0 Å². The second kappa shape index (κ2) is 13.0. The van der Waals surface area contributed by atoms with Gasteiger partial charge in [-0.05, 0) is 114 Å². The summed E-state index contributed by atoms with van der Waals surface area (Å²) in [4.78, 5) is 31.0. The molecule has 0 unspecified atom stereocenters. The smallest absolute Gasteiger partial charge is 0.274 e. The Bertz CT molecular complexity index is 2530. The molecule has 0 spiro atoms. The van der Waals surface area contributed by atoms with Gasteiger partial charge in [0.15, 0.2) is 0 Å². The molecule has 5 heteroatoms. The Morgan fingerprint density at radius 3 is 1.04 bits per heavy atom. The number of nitrogens with one attached hydrogen (secondary N) is 2. The summed E-state index contributed by atoms with van der Waals surface area (Å²) in [5.74, 6) is -0.797. The Labute approximate surface area is 300 Å². The quantitative estimate of drug-likeness (QED) is 0.173. The van der Waals surface area contributed by atoms with E-state index in [0.29, 0.717) is 11.4 Å². The Morgan fingerprint density at radius 2 is 0.692 bits per heavy atom. The number of nitrogens with zero attached hydrogens (tertiary/aromatic N) is 1. The zero-order valence-corrected chi connectivity index (χ0v) is 28.0. The van der Waals surface area contributed by atoms with E-state index in [9.17, 15) is 9.59 Å². The molecule has 0 fully saturated rings. The van der Waals surface area contributed by atoms with Crippen molar-refractivity contribution in [2.24, 2.45) is 0 Å². The number of anilines is 2. The standard InChI is InChI=1S/C47H31N3O2/c51-46(48-36-24-20-30(21-25-36)44-38-14-5-1-10-32(38)28-33-11-2-6-15-39(33)44)42-18-9-19-43(50-42)47(52)49-37-26-22-31(23-27-37)45-40-16-7-3-12-34(40)29-35-13-4-8-17-41(35)45/h1-29H,(H,48,51)(H,49,52). The van der Waals surface area contributed by atoms with E-state index in [2.05, 4.69) is 125 Å². The molecule has 9 rings (SSSR count). The lowest BCUT2D eigenvalue weighted by molar-refractivity contribution is 0.101.